The zero-order valence-electron chi connectivity index (χ0n) is 8.94. The van der Waals surface area contributed by atoms with E-state index >= 15 is 0 Å². The van der Waals surface area contributed by atoms with E-state index in [4.69, 9.17) is 17.3 Å². The third kappa shape index (κ3) is 3.22. The van der Waals surface area contributed by atoms with Crippen molar-refractivity contribution in [3.63, 3.8) is 0 Å². The Morgan fingerprint density at radius 1 is 1.41 bits per heavy atom. The molecular weight excluding hydrogens is 256 g/mol. The van der Waals surface area contributed by atoms with Gasteiger partial charge in [0.1, 0.15) is 0 Å². The number of amides is 1. The van der Waals surface area contributed by atoms with Gasteiger partial charge in [-0.1, -0.05) is 11.6 Å². The van der Waals surface area contributed by atoms with E-state index in [9.17, 15) is 4.79 Å². The summed E-state index contributed by atoms with van der Waals surface area (Å²) in [6.45, 7) is 0. The lowest BCUT2D eigenvalue weighted by atomic mass is 10.2. The molecule has 2 rings (SSSR count). The highest BCUT2D eigenvalue weighted by Gasteiger charge is 2.07. The summed E-state index contributed by atoms with van der Waals surface area (Å²) in [5.74, 6) is -0.0997. The molecule has 0 bridgehead atoms. The Hall–Kier alpha value is -1.52. The Morgan fingerprint density at radius 3 is 2.94 bits per heavy atom. The summed E-state index contributed by atoms with van der Waals surface area (Å²) < 4.78 is 0. The first-order valence-corrected chi connectivity index (χ1v) is 6.33. The Balaban J connectivity index is 2.05. The standard InChI is InChI=1S/C12H11ClN2OS/c13-9-1-2-10(14)11(6-9)15-12(16)5-8-3-4-17-7-8/h1-4,6-7H,5,14H2,(H,15,16). The minimum absolute atomic E-state index is 0.0997. The highest BCUT2D eigenvalue weighted by atomic mass is 35.5. The van der Waals surface area contributed by atoms with Crippen LogP contribution in [0.15, 0.2) is 35.0 Å². The van der Waals surface area contributed by atoms with E-state index in [1.54, 1.807) is 29.5 Å². The van der Waals surface area contributed by atoms with Crippen molar-refractivity contribution in [2.24, 2.45) is 0 Å². The number of carbonyl (C=O) groups excluding carboxylic acids is 1. The summed E-state index contributed by atoms with van der Waals surface area (Å²) in [5.41, 5.74) is 7.79. The van der Waals surface area contributed by atoms with Crippen LogP contribution in [0.3, 0.4) is 0 Å². The van der Waals surface area contributed by atoms with Crippen LogP contribution in [0.2, 0.25) is 5.02 Å². The molecule has 0 atom stereocenters. The normalized spacial score (nSPS) is 10.2. The molecule has 0 saturated heterocycles. The average molecular weight is 267 g/mol. The molecule has 0 aliphatic rings. The van der Waals surface area contributed by atoms with Crippen molar-refractivity contribution in [2.45, 2.75) is 6.42 Å². The van der Waals surface area contributed by atoms with Gasteiger partial charge in [0.2, 0.25) is 5.91 Å². The molecule has 3 N–H and O–H groups in total. The van der Waals surface area contributed by atoms with Crippen LogP contribution in [0, 0.1) is 0 Å². The van der Waals surface area contributed by atoms with Crippen molar-refractivity contribution in [3.05, 3.63) is 45.6 Å². The third-order valence-corrected chi connectivity index (χ3v) is 3.20. The van der Waals surface area contributed by atoms with Crippen LogP contribution in [0.25, 0.3) is 0 Å². The van der Waals surface area contributed by atoms with Gasteiger partial charge in [-0.05, 0) is 40.6 Å². The number of nitrogen functional groups attached to an aromatic ring is 1. The fraction of sp³-hybridized carbons (Fsp3) is 0.0833. The maximum absolute atomic E-state index is 11.7. The zero-order chi connectivity index (χ0) is 12.3. The zero-order valence-corrected chi connectivity index (χ0v) is 10.5. The van der Waals surface area contributed by atoms with E-state index < -0.39 is 0 Å². The van der Waals surface area contributed by atoms with Crippen LogP contribution in [-0.4, -0.2) is 5.91 Å². The lowest BCUT2D eigenvalue weighted by molar-refractivity contribution is -0.115. The minimum atomic E-state index is -0.0997. The summed E-state index contributed by atoms with van der Waals surface area (Å²) >= 11 is 7.41. The second kappa shape index (κ2) is 5.21. The van der Waals surface area contributed by atoms with Crippen molar-refractivity contribution >= 4 is 40.2 Å². The van der Waals surface area contributed by atoms with Crippen molar-refractivity contribution in [2.75, 3.05) is 11.1 Å². The van der Waals surface area contributed by atoms with Gasteiger partial charge in [-0.15, -0.1) is 0 Å². The number of anilines is 2. The van der Waals surface area contributed by atoms with E-state index in [0.29, 0.717) is 22.8 Å². The highest BCUT2D eigenvalue weighted by molar-refractivity contribution is 7.08. The van der Waals surface area contributed by atoms with E-state index in [0.717, 1.165) is 5.56 Å². The molecule has 0 aliphatic heterocycles. The summed E-state index contributed by atoms with van der Waals surface area (Å²) in [6, 6.07) is 6.92. The molecule has 2 aromatic rings. The Morgan fingerprint density at radius 2 is 2.24 bits per heavy atom. The lowest BCUT2D eigenvalue weighted by Gasteiger charge is -2.07. The predicted molar refractivity (Wildman–Crippen MR) is 72.5 cm³/mol. The molecule has 1 aromatic carbocycles. The first kappa shape index (κ1) is 12.0. The first-order valence-electron chi connectivity index (χ1n) is 5.01. The topological polar surface area (TPSA) is 55.1 Å². The SMILES string of the molecule is Nc1ccc(Cl)cc1NC(=O)Cc1ccsc1. The van der Waals surface area contributed by atoms with E-state index in [-0.39, 0.29) is 5.91 Å². The van der Waals surface area contributed by atoms with Crippen LogP contribution in [0.4, 0.5) is 11.4 Å². The largest absolute Gasteiger partial charge is 0.397 e. The smallest absolute Gasteiger partial charge is 0.228 e. The second-order valence-electron chi connectivity index (χ2n) is 3.59. The molecule has 0 unspecified atom stereocenters. The molecule has 0 aliphatic carbocycles. The van der Waals surface area contributed by atoms with Crippen molar-refractivity contribution in [1.29, 1.82) is 0 Å². The van der Waals surface area contributed by atoms with E-state index in [1.165, 1.54) is 0 Å². The third-order valence-electron chi connectivity index (χ3n) is 2.23. The maximum Gasteiger partial charge on any atom is 0.228 e. The summed E-state index contributed by atoms with van der Waals surface area (Å²) in [4.78, 5) is 11.7. The maximum atomic E-state index is 11.7. The van der Waals surface area contributed by atoms with Crippen LogP contribution in [0.5, 0.6) is 0 Å². The fourth-order valence-corrected chi connectivity index (χ4v) is 2.25. The van der Waals surface area contributed by atoms with Gasteiger partial charge in [0.15, 0.2) is 0 Å². The van der Waals surface area contributed by atoms with Gasteiger partial charge in [0, 0.05) is 5.02 Å². The molecule has 0 radical (unpaired) electrons. The molecule has 0 fully saturated rings. The summed E-state index contributed by atoms with van der Waals surface area (Å²) in [5, 5.41) is 7.18. The number of carbonyl (C=O) groups is 1. The molecule has 3 nitrogen and oxygen atoms in total. The number of hydrogen-bond acceptors (Lipinski definition) is 3. The van der Waals surface area contributed by atoms with Crippen LogP contribution in [0.1, 0.15) is 5.56 Å². The molecule has 17 heavy (non-hydrogen) atoms. The monoisotopic (exact) mass is 266 g/mol. The van der Waals surface area contributed by atoms with Gasteiger partial charge in [-0.3, -0.25) is 4.79 Å². The minimum Gasteiger partial charge on any atom is -0.397 e. The van der Waals surface area contributed by atoms with Crippen molar-refractivity contribution < 1.29 is 4.79 Å². The molecule has 5 heteroatoms. The number of nitrogens with two attached hydrogens (primary N) is 1. The van der Waals surface area contributed by atoms with Gasteiger partial charge in [-0.2, -0.15) is 11.3 Å². The van der Waals surface area contributed by atoms with Crippen molar-refractivity contribution in [1.82, 2.24) is 0 Å². The number of nitrogens with one attached hydrogen (secondary N) is 1. The fourth-order valence-electron chi connectivity index (χ4n) is 1.41. The quantitative estimate of drug-likeness (QED) is 0.839. The van der Waals surface area contributed by atoms with Gasteiger partial charge in [0.25, 0.3) is 0 Å². The second-order valence-corrected chi connectivity index (χ2v) is 4.80. The Kier molecular flexibility index (Phi) is 3.66. The van der Waals surface area contributed by atoms with Gasteiger partial charge < -0.3 is 11.1 Å². The average Bonchev–Trinajstić information content (AvgIpc) is 2.76. The molecule has 1 amide bonds. The Bertz CT molecular complexity index is 525. The summed E-state index contributed by atoms with van der Waals surface area (Å²) in [6.07, 6.45) is 0.343. The number of hydrogen-bond donors (Lipinski definition) is 2. The predicted octanol–water partition coefficient (Wildman–Crippen LogP) is 3.16. The Labute approximate surface area is 108 Å². The molecule has 1 heterocycles. The van der Waals surface area contributed by atoms with Crippen LogP contribution >= 0.6 is 22.9 Å². The summed E-state index contributed by atoms with van der Waals surface area (Å²) in [7, 11) is 0. The molecule has 1 aromatic heterocycles. The molecular formula is C12H11ClN2OS. The van der Waals surface area contributed by atoms with Crippen LogP contribution < -0.4 is 11.1 Å². The molecule has 0 saturated carbocycles. The molecule has 88 valence electrons. The van der Waals surface area contributed by atoms with Gasteiger partial charge in [-0.25, -0.2) is 0 Å². The number of benzene rings is 1. The van der Waals surface area contributed by atoms with Gasteiger partial charge >= 0.3 is 0 Å². The number of halogens is 1. The van der Waals surface area contributed by atoms with Crippen LogP contribution in [-0.2, 0) is 11.2 Å². The lowest BCUT2D eigenvalue weighted by Crippen LogP contribution is -2.15. The number of thiophene rings is 1. The highest BCUT2D eigenvalue weighted by Crippen LogP contribution is 2.23. The van der Waals surface area contributed by atoms with E-state index in [1.807, 2.05) is 16.8 Å². The number of rotatable bonds is 3. The molecule has 0 spiro atoms. The first-order chi connectivity index (χ1) is 8.15. The van der Waals surface area contributed by atoms with Gasteiger partial charge in [0.05, 0.1) is 17.8 Å². The van der Waals surface area contributed by atoms with E-state index in [2.05, 4.69) is 5.32 Å². The van der Waals surface area contributed by atoms with Crippen molar-refractivity contribution in [3.8, 4) is 0 Å².